The maximum Gasteiger partial charge on any atom is 0.266 e. The normalized spacial score (nSPS) is 21.0. The summed E-state index contributed by atoms with van der Waals surface area (Å²) < 4.78 is 0.628. The van der Waals surface area contributed by atoms with Gasteiger partial charge in [0.1, 0.15) is 4.32 Å². The van der Waals surface area contributed by atoms with Crippen molar-refractivity contribution in [1.29, 1.82) is 0 Å². The molecule has 2 heterocycles. The zero-order valence-electron chi connectivity index (χ0n) is 12.7. The topological polar surface area (TPSA) is 23.6 Å². The van der Waals surface area contributed by atoms with E-state index in [1.807, 2.05) is 37.3 Å². The quantitative estimate of drug-likeness (QED) is 0.547. The first-order valence-corrected chi connectivity index (χ1v) is 9.67. The third-order valence-corrected chi connectivity index (χ3v) is 6.34. The largest absolute Gasteiger partial charge is 0.335 e. The molecule has 1 fully saturated rings. The maximum absolute atomic E-state index is 12.2. The van der Waals surface area contributed by atoms with Gasteiger partial charge in [-0.3, -0.25) is 9.69 Å². The number of anilines is 1. The van der Waals surface area contributed by atoms with Crippen LogP contribution >= 0.6 is 47.3 Å². The molecule has 3 rings (SSSR count). The second-order valence-electron chi connectivity index (χ2n) is 4.91. The molecule has 0 bridgehead atoms. The molecule has 1 saturated heterocycles. The van der Waals surface area contributed by atoms with Gasteiger partial charge in [-0.2, -0.15) is 0 Å². The maximum atomic E-state index is 12.2. The van der Waals surface area contributed by atoms with E-state index in [4.69, 9.17) is 23.8 Å². The van der Waals surface area contributed by atoms with E-state index in [-0.39, 0.29) is 5.91 Å². The number of allylic oxidation sites excluding steroid dienone is 2. The van der Waals surface area contributed by atoms with Gasteiger partial charge < -0.3 is 4.90 Å². The Balaban J connectivity index is 1.88. The van der Waals surface area contributed by atoms with Crippen molar-refractivity contribution in [3.8, 4) is 0 Å². The molecular formula is C16H15ClN2OS3. The molecule has 0 aromatic heterocycles. The van der Waals surface area contributed by atoms with Gasteiger partial charge in [0.25, 0.3) is 5.91 Å². The molecule has 1 amide bonds. The van der Waals surface area contributed by atoms with Gasteiger partial charge >= 0.3 is 0 Å². The SMILES string of the molecule is CCN1C(=O)/C(=C\C=C2/Sc3ccc(Cl)cc3N2CC)SC1=S. The Bertz CT molecular complexity index is 745. The Morgan fingerprint density at radius 3 is 2.57 bits per heavy atom. The second-order valence-corrected chi connectivity index (χ2v) is 8.09. The molecule has 0 aliphatic carbocycles. The molecule has 0 radical (unpaired) electrons. The molecule has 2 aliphatic heterocycles. The number of fused-ring (bicyclic) bond motifs is 1. The van der Waals surface area contributed by atoms with Crippen LogP contribution in [-0.2, 0) is 4.79 Å². The van der Waals surface area contributed by atoms with Gasteiger partial charge in [0.05, 0.1) is 15.6 Å². The van der Waals surface area contributed by atoms with Crippen LogP contribution in [-0.4, -0.2) is 28.2 Å². The number of likely N-dealkylation sites (N-methyl/N-ethyl adjacent to an activating group) is 1. The lowest BCUT2D eigenvalue weighted by atomic mass is 10.3. The summed E-state index contributed by atoms with van der Waals surface area (Å²) in [6.07, 6.45) is 3.86. The fourth-order valence-electron chi connectivity index (χ4n) is 2.46. The summed E-state index contributed by atoms with van der Waals surface area (Å²) in [6, 6.07) is 5.91. The Hall–Kier alpha value is -0.950. The number of amides is 1. The highest BCUT2D eigenvalue weighted by Crippen LogP contribution is 2.47. The van der Waals surface area contributed by atoms with Gasteiger partial charge in [0.15, 0.2) is 0 Å². The molecular weight excluding hydrogens is 368 g/mol. The molecule has 23 heavy (non-hydrogen) atoms. The van der Waals surface area contributed by atoms with Crippen LogP contribution < -0.4 is 4.90 Å². The molecule has 0 spiro atoms. The minimum atomic E-state index is -0.00838. The summed E-state index contributed by atoms with van der Waals surface area (Å²) in [5, 5.41) is 1.82. The summed E-state index contributed by atoms with van der Waals surface area (Å²) in [7, 11) is 0. The van der Waals surface area contributed by atoms with Gasteiger partial charge in [-0.1, -0.05) is 47.3 Å². The highest BCUT2D eigenvalue weighted by atomic mass is 35.5. The van der Waals surface area contributed by atoms with Crippen molar-refractivity contribution >= 4 is 63.3 Å². The molecule has 7 heteroatoms. The van der Waals surface area contributed by atoms with Gasteiger partial charge in [0, 0.05) is 23.0 Å². The molecule has 0 atom stereocenters. The first-order chi connectivity index (χ1) is 11.0. The monoisotopic (exact) mass is 382 g/mol. The molecule has 1 aromatic carbocycles. The summed E-state index contributed by atoms with van der Waals surface area (Å²) in [4.78, 5) is 17.9. The molecule has 120 valence electrons. The van der Waals surface area contributed by atoms with Crippen LogP contribution in [0.1, 0.15) is 13.8 Å². The third kappa shape index (κ3) is 3.18. The molecule has 0 unspecified atom stereocenters. The van der Waals surface area contributed by atoms with E-state index in [2.05, 4.69) is 11.8 Å². The number of carbonyl (C=O) groups is 1. The van der Waals surface area contributed by atoms with Crippen molar-refractivity contribution in [1.82, 2.24) is 4.90 Å². The Kier molecular flexibility index (Phi) is 5.06. The lowest BCUT2D eigenvalue weighted by Crippen LogP contribution is -2.27. The molecule has 0 saturated carbocycles. The summed E-state index contributed by atoms with van der Waals surface area (Å²) in [5.74, 6) is -0.00838. The van der Waals surface area contributed by atoms with Gasteiger partial charge in [-0.25, -0.2) is 0 Å². The van der Waals surface area contributed by atoms with Gasteiger partial charge in [-0.05, 0) is 44.2 Å². The predicted molar refractivity (Wildman–Crippen MR) is 104 cm³/mol. The number of nitrogens with zero attached hydrogens (tertiary/aromatic N) is 2. The fraction of sp³-hybridized carbons (Fsp3) is 0.250. The van der Waals surface area contributed by atoms with E-state index in [1.54, 1.807) is 16.7 Å². The molecule has 3 nitrogen and oxygen atoms in total. The number of carbonyl (C=O) groups excluding carboxylic acids is 1. The van der Waals surface area contributed by atoms with E-state index in [1.165, 1.54) is 16.7 Å². The average Bonchev–Trinajstić information content (AvgIpc) is 3.01. The first-order valence-electron chi connectivity index (χ1n) is 7.25. The summed E-state index contributed by atoms with van der Waals surface area (Å²) in [5.41, 5.74) is 1.12. The van der Waals surface area contributed by atoms with Gasteiger partial charge in [0.2, 0.25) is 0 Å². The van der Waals surface area contributed by atoms with Crippen molar-refractivity contribution < 1.29 is 4.79 Å². The predicted octanol–water partition coefficient (Wildman–Crippen LogP) is 4.88. The van der Waals surface area contributed by atoms with Crippen LogP contribution in [0.4, 0.5) is 5.69 Å². The highest BCUT2D eigenvalue weighted by molar-refractivity contribution is 8.26. The van der Waals surface area contributed by atoms with Crippen molar-refractivity contribution in [2.75, 3.05) is 18.0 Å². The number of benzene rings is 1. The van der Waals surface area contributed by atoms with Crippen LogP contribution in [0.25, 0.3) is 0 Å². The highest BCUT2D eigenvalue weighted by Gasteiger charge is 2.30. The first kappa shape index (κ1) is 16.9. The standard InChI is InChI=1S/C16H15ClN2OS3/c1-3-18-11-9-10(17)5-6-12(11)22-14(18)8-7-13-15(20)19(4-2)16(21)23-13/h5-9H,3-4H2,1-2H3/b13-7+,14-8-. The zero-order chi connectivity index (χ0) is 16.6. The minimum absolute atomic E-state index is 0.00838. The summed E-state index contributed by atoms with van der Waals surface area (Å²) >= 11 is 14.4. The average molecular weight is 383 g/mol. The van der Waals surface area contributed by atoms with Gasteiger partial charge in [-0.15, -0.1) is 0 Å². The van der Waals surface area contributed by atoms with Crippen molar-refractivity contribution in [2.45, 2.75) is 18.7 Å². The van der Waals surface area contributed by atoms with E-state index in [0.29, 0.717) is 15.8 Å². The van der Waals surface area contributed by atoms with Crippen molar-refractivity contribution in [2.24, 2.45) is 0 Å². The molecule has 2 aliphatic rings. The van der Waals surface area contributed by atoms with Crippen LogP contribution in [0.2, 0.25) is 5.02 Å². The fourth-order valence-corrected chi connectivity index (χ4v) is 5.06. The lowest BCUT2D eigenvalue weighted by molar-refractivity contribution is -0.122. The van der Waals surface area contributed by atoms with Crippen LogP contribution in [0.3, 0.4) is 0 Å². The number of hydrogen-bond acceptors (Lipinski definition) is 5. The molecule has 0 N–H and O–H groups in total. The number of halogens is 1. The smallest absolute Gasteiger partial charge is 0.266 e. The van der Waals surface area contributed by atoms with Crippen LogP contribution in [0, 0.1) is 0 Å². The number of rotatable bonds is 3. The number of thiocarbonyl (C=S) groups is 1. The second kappa shape index (κ2) is 6.89. The Morgan fingerprint density at radius 1 is 1.17 bits per heavy atom. The zero-order valence-corrected chi connectivity index (χ0v) is 15.9. The Morgan fingerprint density at radius 2 is 1.91 bits per heavy atom. The number of hydrogen-bond donors (Lipinski definition) is 0. The van der Waals surface area contributed by atoms with Crippen LogP contribution in [0.15, 0.2) is 45.2 Å². The number of thioether (sulfide) groups is 2. The Labute approximate surface area is 154 Å². The third-order valence-electron chi connectivity index (χ3n) is 3.58. The van der Waals surface area contributed by atoms with Crippen molar-refractivity contribution in [3.63, 3.8) is 0 Å². The van der Waals surface area contributed by atoms with E-state index < -0.39 is 0 Å². The lowest BCUT2D eigenvalue weighted by Gasteiger charge is -2.17. The summed E-state index contributed by atoms with van der Waals surface area (Å²) in [6.45, 7) is 5.48. The minimum Gasteiger partial charge on any atom is -0.335 e. The van der Waals surface area contributed by atoms with E-state index in [9.17, 15) is 4.79 Å². The van der Waals surface area contributed by atoms with E-state index >= 15 is 0 Å². The van der Waals surface area contributed by atoms with Crippen molar-refractivity contribution in [3.05, 3.63) is 45.3 Å². The van der Waals surface area contributed by atoms with Crippen LogP contribution in [0.5, 0.6) is 0 Å². The van der Waals surface area contributed by atoms with E-state index in [0.717, 1.165) is 22.3 Å². The molecule has 1 aromatic rings.